The van der Waals surface area contributed by atoms with Crippen molar-refractivity contribution in [3.63, 3.8) is 0 Å². The molecule has 1 saturated carbocycles. The van der Waals surface area contributed by atoms with E-state index in [0.29, 0.717) is 52.3 Å². The van der Waals surface area contributed by atoms with Crippen molar-refractivity contribution in [1.29, 1.82) is 5.26 Å². The van der Waals surface area contributed by atoms with Crippen LogP contribution >= 0.6 is 11.3 Å². The molecular weight excluding hydrogens is 616 g/mol. The molecule has 12 nitrogen and oxygen atoms in total. The Morgan fingerprint density at radius 2 is 1.91 bits per heavy atom. The third-order valence-corrected chi connectivity index (χ3v) is 12.4. The summed E-state index contributed by atoms with van der Waals surface area (Å²) in [5.74, 6) is -0.145. The Bertz CT molecular complexity index is 1880. The minimum atomic E-state index is -0.629. The van der Waals surface area contributed by atoms with Gasteiger partial charge in [-0.05, 0) is 89.8 Å². The summed E-state index contributed by atoms with van der Waals surface area (Å²) >= 11 is 1.46. The van der Waals surface area contributed by atoms with Crippen molar-refractivity contribution < 1.29 is 14.3 Å². The fourth-order valence-corrected chi connectivity index (χ4v) is 9.81. The van der Waals surface area contributed by atoms with Gasteiger partial charge in [0.15, 0.2) is 11.2 Å². The summed E-state index contributed by atoms with van der Waals surface area (Å²) < 4.78 is 15.5. The Morgan fingerprint density at radius 1 is 1.17 bits per heavy atom. The number of anilines is 1. The number of hydrogen-bond donors (Lipinski definition) is 2. The molecule has 0 amide bonds. The Labute approximate surface area is 278 Å². The zero-order chi connectivity index (χ0) is 33.2. The third kappa shape index (κ3) is 4.90. The maximum Gasteiger partial charge on any atom is 0.330 e. The van der Waals surface area contributed by atoms with Gasteiger partial charge in [0.2, 0.25) is 17.5 Å². The second-order valence-corrected chi connectivity index (χ2v) is 14.9. The van der Waals surface area contributed by atoms with Gasteiger partial charge >= 0.3 is 5.69 Å². The number of aromatic nitrogens is 4. The molecule has 13 heteroatoms. The van der Waals surface area contributed by atoms with E-state index in [2.05, 4.69) is 24.9 Å². The molecule has 1 aliphatic heterocycles. The van der Waals surface area contributed by atoms with Gasteiger partial charge in [0.05, 0.1) is 11.7 Å². The number of ketones is 1. The van der Waals surface area contributed by atoms with Crippen LogP contribution in [0.2, 0.25) is 0 Å². The summed E-state index contributed by atoms with van der Waals surface area (Å²) in [6.07, 6.45) is 8.51. The second kappa shape index (κ2) is 12.1. The van der Waals surface area contributed by atoms with Crippen molar-refractivity contribution in [2.75, 3.05) is 26.4 Å². The summed E-state index contributed by atoms with van der Waals surface area (Å²) in [4.78, 5) is 41.4. The van der Waals surface area contributed by atoms with Gasteiger partial charge in [-0.15, -0.1) is 11.3 Å². The number of imidazole rings is 1. The number of Topliss-reactive ketones (excluding diaryl/α,β-unsaturated/α-hetero) is 1. The number of carbonyl (C=O) groups excluding carboxylic acids is 1. The highest BCUT2D eigenvalue weighted by molar-refractivity contribution is 7.16. The molecule has 250 valence electrons. The van der Waals surface area contributed by atoms with Crippen LogP contribution in [0, 0.1) is 11.3 Å². The average Bonchev–Trinajstić information content (AvgIpc) is 3.70. The Morgan fingerprint density at radius 3 is 2.57 bits per heavy atom. The number of carbonyl (C=O) groups is 1. The molecule has 0 aromatic carbocycles. The SMILES string of the molecule is CC[C@H](Oc1nc(C(=O)C2=C(N)[C@@]3(CCC2)CCCc2sc(N)c(C#N)c23)nc2c1n(C)c(=O)n2C1CC(OC)C1)[C@@H]1CCCN1C. The lowest BCUT2D eigenvalue weighted by molar-refractivity contribution is 0.00614. The van der Waals surface area contributed by atoms with Crippen LogP contribution < -0.4 is 21.9 Å². The van der Waals surface area contributed by atoms with E-state index < -0.39 is 5.41 Å². The van der Waals surface area contributed by atoms with Crippen molar-refractivity contribution in [3.8, 4) is 11.9 Å². The number of methoxy groups -OCH3 is 1. The Hall–Kier alpha value is -3.73. The summed E-state index contributed by atoms with van der Waals surface area (Å²) in [6.45, 7) is 3.08. The molecule has 4 N–H and O–H groups in total. The molecule has 1 spiro atoms. The third-order valence-electron chi connectivity index (χ3n) is 11.3. The molecule has 3 aromatic rings. The van der Waals surface area contributed by atoms with Crippen LogP contribution in [0.1, 0.15) is 104 Å². The number of likely N-dealkylation sites (N-methyl/N-ethyl adjacent to an activating group) is 1. The predicted octanol–water partition coefficient (Wildman–Crippen LogP) is 4.10. The van der Waals surface area contributed by atoms with E-state index in [1.54, 1.807) is 23.3 Å². The largest absolute Gasteiger partial charge is 0.471 e. The van der Waals surface area contributed by atoms with E-state index in [-0.39, 0.29) is 47.5 Å². The molecule has 3 atom stereocenters. The van der Waals surface area contributed by atoms with Crippen molar-refractivity contribution in [2.24, 2.45) is 12.8 Å². The summed E-state index contributed by atoms with van der Waals surface area (Å²) in [7, 11) is 5.49. The predicted molar refractivity (Wildman–Crippen MR) is 180 cm³/mol. The molecule has 4 heterocycles. The highest BCUT2D eigenvalue weighted by Gasteiger charge is 2.47. The molecule has 0 bridgehead atoms. The number of ether oxygens (including phenoxy) is 2. The maximum atomic E-state index is 14.6. The number of hydrogen-bond acceptors (Lipinski definition) is 11. The topological polar surface area (TPSA) is 167 Å². The number of allylic oxidation sites excluding steroid dienone is 2. The van der Waals surface area contributed by atoms with Crippen molar-refractivity contribution in [3.05, 3.63) is 43.6 Å². The van der Waals surface area contributed by atoms with Gasteiger partial charge in [0, 0.05) is 47.8 Å². The molecular formula is C34H44N8O4S. The number of fused-ring (bicyclic) bond motifs is 3. The molecule has 1 saturated heterocycles. The van der Waals surface area contributed by atoms with Crippen LogP contribution in [0.3, 0.4) is 0 Å². The second-order valence-electron chi connectivity index (χ2n) is 13.7. The smallest absolute Gasteiger partial charge is 0.330 e. The van der Waals surface area contributed by atoms with Crippen LogP contribution in [-0.4, -0.2) is 68.7 Å². The number of nitrogens with zero attached hydrogens (tertiary/aromatic N) is 6. The van der Waals surface area contributed by atoms with Crippen LogP contribution in [0.25, 0.3) is 11.2 Å². The molecule has 0 unspecified atom stereocenters. The van der Waals surface area contributed by atoms with Gasteiger partial charge < -0.3 is 20.9 Å². The standard InChI is InChI=1S/C34H44N8O4S/c1-5-23(22-10-8-14-40(22)2)46-32-26-31(42(33(44)41(26)3)18-15-19(16-18)45-4)38-30(39-32)27(43)20-9-6-12-34(28(20)36)13-7-11-24-25(34)21(17-35)29(37)47-24/h18-19,22-23H,5-16,36-37H2,1-4H3/t18?,19?,22-,23-,34-/m0/s1. The van der Waals surface area contributed by atoms with E-state index in [9.17, 15) is 14.9 Å². The van der Waals surface area contributed by atoms with E-state index in [0.717, 1.165) is 68.4 Å². The minimum Gasteiger partial charge on any atom is -0.471 e. The zero-order valence-electron chi connectivity index (χ0n) is 27.7. The molecule has 0 radical (unpaired) electrons. The van der Waals surface area contributed by atoms with Gasteiger partial charge in [-0.25, -0.2) is 9.78 Å². The number of rotatable bonds is 8. The van der Waals surface area contributed by atoms with Gasteiger partial charge in [0.1, 0.15) is 17.2 Å². The molecule has 4 aliphatic rings. The van der Waals surface area contributed by atoms with E-state index >= 15 is 0 Å². The minimum absolute atomic E-state index is 0.0273. The highest BCUT2D eigenvalue weighted by atomic mass is 32.1. The van der Waals surface area contributed by atoms with Crippen molar-refractivity contribution in [1.82, 2.24) is 24.0 Å². The van der Waals surface area contributed by atoms with Gasteiger partial charge in [-0.2, -0.15) is 10.2 Å². The fraction of sp³-hybridized carbons (Fsp3) is 0.618. The van der Waals surface area contributed by atoms with Gasteiger partial charge in [0.25, 0.3) is 0 Å². The quantitative estimate of drug-likeness (QED) is 0.336. The first kappa shape index (κ1) is 31.8. The van der Waals surface area contributed by atoms with E-state index in [1.165, 1.54) is 11.3 Å². The number of nitrogens with two attached hydrogens (primary N) is 2. The van der Waals surface area contributed by atoms with Crippen LogP contribution in [0.4, 0.5) is 5.00 Å². The molecule has 3 aliphatic carbocycles. The zero-order valence-corrected chi connectivity index (χ0v) is 28.5. The fourth-order valence-electron chi connectivity index (χ4n) is 8.65. The number of nitriles is 1. The summed E-state index contributed by atoms with van der Waals surface area (Å²) in [5.41, 5.74) is 15.7. The Kier molecular flexibility index (Phi) is 8.17. The van der Waals surface area contributed by atoms with Gasteiger partial charge in [-0.1, -0.05) is 6.92 Å². The van der Waals surface area contributed by atoms with Crippen LogP contribution in [0.15, 0.2) is 16.1 Å². The normalized spacial score (nSPS) is 26.7. The Balaban J connectivity index is 1.37. The van der Waals surface area contributed by atoms with Crippen molar-refractivity contribution >= 4 is 33.3 Å². The first-order chi connectivity index (χ1) is 22.6. The highest BCUT2D eigenvalue weighted by Crippen LogP contribution is 2.53. The average molecular weight is 661 g/mol. The molecule has 3 aromatic heterocycles. The number of aryl methyl sites for hydroxylation is 2. The van der Waals surface area contributed by atoms with Crippen LogP contribution in [-0.2, 0) is 23.6 Å². The monoisotopic (exact) mass is 660 g/mol. The van der Waals surface area contributed by atoms with E-state index in [1.807, 2.05) is 0 Å². The summed E-state index contributed by atoms with van der Waals surface area (Å²) in [5, 5.41) is 10.6. The molecule has 7 rings (SSSR count). The number of nitrogen functional groups attached to an aromatic ring is 1. The molecule has 47 heavy (non-hydrogen) atoms. The van der Waals surface area contributed by atoms with Gasteiger partial charge in [-0.3, -0.25) is 18.8 Å². The number of thiophene rings is 1. The van der Waals surface area contributed by atoms with Crippen molar-refractivity contribution in [2.45, 2.75) is 107 Å². The first-order valence-corrected chi connectivity index (χ1v) is 17.7. The first-order valence-electron chi connectivity index (χ1n) is 16.9. The summed E-state index contributed by atoms with van der Waals surface area (Å²) in [6, 6.07) is 2.41. The lowest BCUT2D eigenvalue weighted by Gasteiger charge is -2.42. The lowest BCUT2D eigenvalue weighted by atomic mass is 9.62. The maximum absolute atomic E-state index is 14.6. The van der Waals surface area contributed by atoms with E-state index in [4.69, 9.17) is 30.9 Å². The molecule has 2 fully saturated rings. The van der Waals surface area contributed by atoms with Crippen LogP contribution in [0.5, 0.6) is 5.88 Å². The number of likely N-dealkylation sites (tertiary alicyclic amines) is 1. The lowest BCUT2D eigenvalue weighted by Crippen LogP contribution is -2.41.